The molecule has 0 atom stereocenters. The van der Waals surface area contributed by atoms with Gasteiger partial charge >= 0.3 is 154 Å². The van der Waals surface area contributed by atoms with E-state index in [2.05, 4.69) is 90.7 Å². The summed E-state index contributed by atoms with van der Waals surface area (Å²) in [5, 5.41) is 0. The van der Waals surface area contributed by atoms with Crippen molar-refractivity contribution in [1.82, 2.24) is 0 Å². The number of hydrogen-bond acceptors (Lipinski definition) is 0. The van der Waals surface area contributed by atoms with E-state index >= 15 is 0 Å². The van der Waals surface area contributed by atoms with Gasteiger partial charge in [0.15, 0.2) is 0 Å². The third kappa shape index (κ3) is 9.46. The molecule has 134 valence electrons. The van der Waals surface area contributed by atoms with Crippen LogP contribution in [0, 0.1) is 23.7 Å². The summed E-state index contributed by atoms with van der Waals surface area (Å²) in [4.78, 5) is 0. The normalized spacial score (nSPS) is 15.7. The van der Waals surface area contributed by atoms with Crippen molar-refractivity contribution in [3.63, 3.8) is 0 Å². The Morgan fingerprint density at radius 1 is 0.565 bits per heavy atom. The maximum absolute atomic E-state index is 2.49. The average Bonchev–Trinajstić information content (AvgIpc) is 2.43. The summed E-state index contributed by atoms with van der Waals surface area (Å²) in [5.74, 6) is 2.46. The Bertz CT molecular complexity index is 424. The molecule has 0 aromatic heterocycles. The first kappa shape index (κ1) is 22.6. The van der Waals surface area contributed by atoms with Crippen molar-refractivity contribution in [3.8, 4) is 0 Å². The Kier molecular flexibility index (Phi) is 11.0. The van der Waals surface area contributed by atoms with Gasteiger partial charge in [0, 0.05) is 0 Å². The topological polar surface area (TPSA) is 0 Å². The van der Waals surface area contributed by atoms with Crippen molar-refractivity contribution >= 4 is 0 Å². The summed E-state index contributed by atoms with van der Waals surface area (Å²) in [7, 11) is 0. The van der Waals surface area contributed by atoms with Gasteiger partial charge in [-0.05, 0) is 0 Å². The summed E-state index contributed by atoms with van der Waals surface area (Å²) in [6.45, 7) is 22.8. The number of hydrogen-bond donors (Lipinski definition) is 0. The van der Waals surface area contributed by atoms with Crippen LogP contribution in [0.1, 0.15) is 69.2 Å². The van der Waals surface area contributed by atoms with Crippen LogP contribution in [0.15, 0.2) is 43.8 Å². The van der Waals surface area contributed by atoms with Gasteiger partial charge in [-0.3, -0.25) is 0 Å². The second-order valence-corrected chi connectivity index (χ2v) is 9.30. The van der Waals surface area contributed by atoms with E-state index in [4.69, 9.17) is 0 Å². The van der Waals surface area contributed by atoms with Crippen LogP contribution >= 0.6 is 0 Å². The Morgan fingerprint density at radius 3 is 1.09 bits per heavy atom. The molecule has 0 aliphatic heterocycles. The molecule has 0 unspecified atom stereocenters. The molecule has 0 aromatic rings. The van der Waals surface area contributed by atoms with Gasteiger partial charge < -0.3 is 0 Å². The van der Waals surface area contributed by atoms with Crippen molar-refractivity contribution in [2.75, 3.05) is 0 Å². The molecule has 0 spiro atoms. The second kappa shape index (κ2) is 11.2. The van der Waals surface area contributed by atoms with Crippen LogP contribution in [0.5, 0.6) is 0 Å². The first-order chi connectivity index (χ1) is 10.6. The molecule has 23 heavy (non-hydrogen) atoms. The molecule has 0 nitrogen and oxygen atoms in total. The van der Waals surface area contributed by atoms with Gasteiger partial charge in [0.2, 0.25) is 0 Å². The van der Waals surface area contributed by atoms with Crippen LogP contribution in [0.4, 0.5) is 0 Å². The Morgan fingerprint density at radius 2 is 0.870 bits per heavy atom. The first-order valence-electron chi connectivity index (χ1n) is 8.91. The molecular weight excluding hydrogens is 365 g/mol. The Balaban J connectivity index is 5.32. The molecule has 0 fully saturated rings. The van der Waals surface area contributed by atoms with E-state index in [1.807, 2.05) is 0 Å². The zero-order chi connectivity index (χ0) is 18.2. The molecule has 0 aromatic carbocycles. The first-order valence-corrected chi connectivity index (χ1v) is 10.9. The van der Waals surface area contributed by atoms with Crippen LogP contribution in [0.3, 0.4) is 0 Å². The van der Waals surface area contributed by atoms with E-state index in [-0.39, 0.29) is 17.1 Å². The number of allylic oxidation sites excluding steroid dienone is 6. The molecule has 0 aliphatic rings. The standard InChI is InChI=1S/2C11H19.Ru/c2*1-8(2)10(5)7-11(6)9(3)4;/h2*5,7-9H,1-4,6H3;. The maximum atomic E-state index is 2.49. The van der Waals surface area contributed by atoms with E-state index in [9.17, 15) is 0 Å². The van der Waals surface area contributed by atoms with Crippen molar-refractivity contribution in [3.05, 3.63) is 43.8 Å². The molecule has 1 heteroatoms. The summed E-state index contributed by atoms with van der Waals surface area (Å²) in [5.41, 5.74) is 5.96. The summed E-state index contributed by atoms with van der Waals surface area (Å²) >= 11 is 0.153. The van der Waals surface area contributed by atoms with Gasteiger partial charge in [0.25, 0.3) is 0 Å². The van der Waals surface area contributed by atoms with Crippen molar-refractivity contribution in [2.24, 2.45) is 23.7 Å². The molecule has 0 saturated carbocycles. The van der Waals surface area contributed by atoms with Crippen LogP contribution in [0.2, 0.25) is 0 Å². The molecule has 0 heterocycles. The Labute approximate surface area is 153 Å². The monoisotopic (exact) mass is 404 g/mol. The predicted octanol–water partition coefficient (Wildman–Crippen LogP) is 7.35. The van der Waals surface area contributed by atoms with Crippen LogP contribution in [-0.2, 0) is 17.1 Å². The molecule has 0 aliphatic carbocycles. The van der Waals surface area contributed by atoms with Crippen LogP contribution < -0.4 is 0 Å². The minimum atomic E-state index is 0.153. The van der Waals surface area contributed by atoms with E-state index in [1.165, 1.54) is 22.3 Å². The summed E-state index contributed by atoms with van der Waals surface area (Å²) in [6.07, 6.45) is 4.81. The molecule has 0 amide bonds. The fourth-order valence-electron chi connectivity index (χ4n) is 1.65. The van der Waals surface area contributed by atoms with Gasteiger partial charge in [0.05, 0.1) is 0 Å². The van der Waals surface area contributed by atoms with Gasteiger partial charge in [-0.25, -0.2) is 0 Å². The molecular formula is C22H38Ru. The second-order valence-electron chi connectivity index (χ2n) is 7.72. The van der Waals surface area contributed by atoms with Gasteiger partial charge in [-0.15, -0.1) is 0 Å². The molecule has 0 saturated heterocycles. The van der Waals surface area contributed by atoms with Crippen molar-refractivity contribution < 1.29 is 17.1 Å². The fourth-order valence-corrected chi connectivity index (χ4v) is 3.91. The van der Waals surface area contributed by atoms with Crippen molar-refractivity contribution in [2.45, 2.75) is 69.2 Å². The fraction of sp³-hybridized carbons (Fsp3) is 0.636. The SMILES string of the molecule is CC(=CC(=[CH][Ru][CH]=C(C=C(C)C(C)C)C(C)C)C(C)C)C(C)C. The van der Waals surface area contributed by atoms with E-state index in [0.717, 1.165) is 0 Å². The third-order valence-corrected chi connectivity index (χ3v) is 6.04. The van der Waals surface area contributed by atoms with Gasteiger partial charge in [0.1, 0.15) is 0 Å². The van der Waals surface area contributed by atoms with Crippen molar-refractivity contribution in [1.29, 1.82) is 0 Å². The van der Waals surface area contributed by atoms with Crippen LogP contribution in [0.25, 0.3) is 0 Å². The van der Waals surface area contributed by atoms with E-state index in [0.29, 0.717) is 23.7 Å². The van der Waals surface area contributed by atoms with E-state index < -0.39 is 0 Å². The minimum absolute atomic E-state index is 0.153. The van der Waals surface area contributed by atoms with Crippen LogP contribution in [-0.4, -0.2) is 0 Å². The molecule has 0 N–H and O–H groups in total. The molecule has 0 bridgehead atoms. The average molecular weight is 404 g/mol. The number of rotatable bonds is 8. The third-order valence-electron chi connectivity index (χ3n) is 4.30. The molecule has 0 rings (SSSR count). The zero-order valence-corrected chi connectivity index (χ0v) is 18.7. The zero-order valence-electron chi connectivity index (χ0n) is 17.0. The van der Waals surface area contributed by atoms with E-state index in [1.54, 1.807) is 0 Å². The quantitative estimate of drug-likeness (QED) is 0.293. The molecule has 0 radical (unpaired) electrons. The summed E-state index contributed by atoms with van der Waals surface area (Å²) < 4.78 is 4.98. The van der Waals surface area contributed by atoms with Gasteiger partial charge in [-0.1, -0.05) is 0 Å². The Hall–Kier alpha value is -0.417. The summed E-state index contributed by atoms with van der Waals surface area (Å²) in [6, 6.07) is 0. The predicted molar refractivity (Wildman–Crippen MR) is 103 cm³/mol. The van der Waals surface area contributed by atoms with Gasteiger partial charge in [-0.2, -0.15) is 0 Å².